The zero-order valence-electron chi connectivity index (χ0n) is 25.9. The maximum Gasteiger partial charge on any atom is 0.0991 e. The Hall–Kier alpha value is -6.63. The molecule has 0 amide bonds. The molecule has 0 N–H and O–H groups in total. The Bertz CT molecular complexity index is 2950. The summed E-state index contributed by atoms with van der Waals surface area (Å²) in [7, 11) is 0. The first-order valence-corrected chi connectivity index (χ1v) is 16.2. The average molecular weight is 610 g/mol. The molecule has 48 heavy (non-hydrogen) atoms. The van der Waals surface area contributed by atoms with Gasteiger partial charge in [-0.15, -0.1) is 0 Å². The third-order valence-electron chi connectivity index (χ3n) is 9.90. The summed E-state index contributed by atoms with van der Waals surface area (Å²) in [5.74, 6) is 0. The van der Waals surface area contributed by atoms with Crippen LogP contribution in [-0.4, -0.2) is 9.13 Å². The Morgan fingerprint density at radius 2 is 1.02 bits per heavy atom. The third-order valence-corrected chi connectivity index (χ3v) is 9.90. The minimum absolute atomic E-state index is 0.669. The van der Waals surface area contributed by atoms with E-state index >= 15 is 0 Å². The van der Waals surface area contributed by atoms with Gasteiger partial charge in [0, 0.05) is 38.5 Å². The number of hydrogen-bond donors (Lipinski definition) is 0. The lowest BCUT2D eigenvalue weighted by Gasteiger charge is -2.14. The summed E-state index contributed by atoms with van der Waals surface area (Å²) in [5.41, 5.74) is 9.99. The minimum Gasteiger partial charge on any atom is -0.309 e. The maximum atomic E-state index is 9.68. The van der Waals surface area contributed by atoms with Crippen molar-refractivity contribution < 1.29 is 0 Å². The van der Waals surface area contributed by atoms with E-state index in [1.54, 1.807) is 0 Å². The van der Waals surface area contributed by atoms with Crippen molar-refractivity contribution in [3.05, 3.63) is 169 Å². The third kappa shape index (κ3) is 3.81. The highest BCUT2D eigenvalue weighted by Crippen LogP contribution is 2.41. The molecule has 0 fully saturated rings. The molecule has 0 saturated heterocycles. The first kappa shape index (κ1) is 26.6. The topological polar surface area (TPSA) is 33.6 Å². The predicted molar refractivity (Wildman–Crippen MR) is 200 cm³/mol. The molecule has 0 aliphatic rings. The van der Waals surface area contributed by atoms with Crippen LogP contribution in [-0.2, 0) is 0 Å². The summed E-state index contributed by atoms with van der Waals surface area (Å²) in [4.78, 5) is 0. The summed E-state index contributed by atoms with van der Waals surface area (Å²) >= 11 is 0. The number of nitrogens with zero attached hydrogens (tertiary/aromatic N) is 3. The zero-order chi connectivity index (χ0) is 31.8. The number of hydrogen-bond acceptors (Lipinski definition) is 1. The molecule has 10 aromatic rings. The molecule has 2 aromatic heterocycles. The van der Waals surface area contributed by atoms with Crippen LogP contribution in [0.1, 0.15) is 5.56 Å². The van der Waals surface area contributed by atoms with E-state index in [1.807, 2.05) is 18.2 Å². The van der Waals surface area contributed by atoms with Crippen molar-refractivity contribution in [2.24, 2.45) is 0 Å². The molecular weight excluding hydrogens is 583 g/mol. The standard InChI is InChI=1S/C45H27N3/c46-28-29-17-18-30-19-20-31-21-23-34(27-41(31)40(30)25-29)48-43-16-7-5-12-37(43)39-14-8-13-35(45(39)48)32-22-24-38-36-11-4-6-15-42(36)47(44(38)26-32)33-9-2-1-3-10-33/h1-27H. The molecule has 0 atom stereocenters. The van der Waals surface area contributed by atoms with Crippen LogP contribution in [0.25, 0.3) is 87.7 Å². The molecule has 222 valence electrons. The molecule has 0 bridgehead atoms. The molecule has 0 unspecified atom stereocenters. The van der Waals surface area contributed by atoms with E-state index < -0.39 is 0 Å². The lowest BCUT2D eigenvalue weighted by molar-refractivity contribution is 1.18. The molecule has 0 aliphatic heterocycles. The lowest BCUT2D eigenvalue weighted by atomic mass is 9.99. The van der Waals surface area contributed by atoms with E-state index in [0.29, 0.717) is 5.56 Å². The summed E-state index contributed by atoms with van der Waals surface area (Å²) < 4.78 is 4.80. The first-order chi connectivity index (χ1) is 23.8. The van der Waals surface area contributed by atoms with Gasteiger partial charge in [0.15, 0.2) is 0 Å². The first-order valence-electron chi connectivity index (χ1n) is 16.2. The average Bonchev–Trinajstić information content (AvgIpc) is 3.67. The second kappa shape index (κ2) is 10.2. The van der Waals surface area contributed by atoms with Crippen LogP contribution in [0.4, 0.5) is 0 Å². The fourth-order valence-corrected chi connectivity index (χ4v) is 7.76. The molecule has 3 heteroatoms. The van der Waals surface area contributed by atoms with Gasteiger partial charge >= 0.3 is 0 Å². The van der Waals surface area contributed by atoms with E-state index in [1.165, 1.54) is 49.2 Å². The Morgan fingerprint density at radius 1 is 0.396 bits per heavy atom. The van der Waals surface area contributed by atoms with Gasteiger partial charge in [0.1, 0.15) is 0 Å². The molecule has 0 radical (unpaired) electrons. The van der Waals surface area contributed by atoms with Gasteiger partial charge in [-0.2, -0.15) is 5.26 Å². The number of aromatic nitrogens is 2. The highest BCUT2D eigenvalue weighted by atomic mass is 15.0. The van der Waals surface area contributed by atoms with Gasteiger partial charge in [0.05, 0.1) is 33.7 Å². The molecule has 0 spiro atoms. The molecule has 8 aromatic carbocycles. The summed E-state index contributed by atoms with van der Waals surface area (Å²) in [5, 5.41) is 19.1. The van der Waals surface area contributed by atoms with Crippen LogP contribution in [0, 0.1) is 11.3 Å². The fraction of sp³-hybridized carbons (Fsp3) is 0. The van der Waals surface area contributed by atoms with Crippen LogP contribution < -0.4 is 0 Å². The van der Waals surface area contributed by atoms with Crippen LogP contribution in [0.5, 0.6) is 0 Å². The molecule has 0 aliphatic carbocycles. The highest BCUT2D eigenvalue weighted by Gasteiger charge is 2.19. The van der Waals surface area contributed by atoms with E-state index in [2.05, 4.69) is 161 Å². The molecule has 2 heterocycles. The highest BCUT2D eigenvalue weighted by molar-refractivity contribution is 6.16. The largest absolute Gasteiger partial charge is 0.309 e. The SMILES string of the molecule is N#Cc1ccc2ccc3ccc(-n4c5ccccc5c5cccc(-c6ccc7c8ccccc8n(-c8ccccc8)c7c6)c54)cc3c2c1. The smallest absolute Gasteiger partial charge is 0.0991 e. The second-order valence-corrected chi connectivity index (χ2v) is 12.5. The number of rotatable bonds is 3. The number of nitriles is 1. The van der Waals surface area contributed by atoms with Gasteiger partial charge in [-0.3, -0.25) is 0 Å². The van der Waals surface area contributed by atoms with Crippen molar-refractivity contribution in [3.63, 3.8) is 0 Å². The Morgan fingerprint density at radius 3 is 1.81 bits per heavy atom. The molecule has 0 saturated carbocycles. The van der Waals surface area contributed by atoms with Crippen LogP contribution in [0.3, 0.4) is 0 Å². The van der Waals surface area contributed by atoms with Gasteiger partial charge in [-0.25, -0.2) is 0 Å². The second-order valence-electron chi connectivity index (χ2n) is 12.5. The van der Waals surface area contributed by atoms with Gasteiger partial charge in [-0.1, -0.05) is 109 Å². The van der Waals surface area contributed by atoms with E-state index in [4.69, 9.17) is 0 Å². The van der Waals surface area contributed by atoms with Gasteiger partial charge in [0.25, 0.3) is 0 Å². The van der Waals surface area contributed by atoms with Gasteiger partial charge in [-0.05, 0) is 81.7 Å². The monoisotopic (exact) mass is 609 g/mol. The Balaban J connectivity index is 1.28. The minimum atomic E-state index is 0.669. The normalized spacial score (nSPS) is 11.7. The van der Waals surface area contributed by atoms with Crippen molar-refractivity contribution in [1.82, 2.24) is 9.13 Å². The van der Waals surface area contributed by atoms with Crippen LogP contribution in [0.2, 0.25) is 0 Å². The Labute approximate surface area is 276 Å². The van der Waals surface area contributed by atoms with Crippen molar-refractivity contribution in [1.29, 1.82) is 5.26 Å². The van der Waals surface area contributed by atoms with E-state index in [9.17, 15) is 5.26 Å². The number of fused-ring (bicyclic) bond motifs is 9. The summed E-state index contributed by atoms with van der Waals surface area (Å²) in [6.45, 7) is 0. The van der Waals surface area contributed by atoms with Crippen molar-refractivity contribution >= 4 is 65.2 Å². The van der Waals surface area contributed by atoms with Crippen molar-refractivity contribution in [2.45, 2.75) is 0 Å². The molecular formula is C45H27N3. The predicted octanol–water partition coefficient (Wildman–Crippen LogP) is 11.7. The Kier molecular flexibility index (Phi) is 5.64. The molecule has 10 rings (SSSR count). The van der Waals surface area contributed by atoms with Crippen LogP contribution in [0.15, 0.2) is 164 Å². The van der Waals surface area contributed by atoms with Gasteiger partial charge < -0.3 is 9.13 Å². The van der Waals surface area contributed by atoms with Crippen molar-refractivity contribution in [3.8, 4) is 28.6 Å². The quantitative estimate of drug-likeness (QED) is 0.183. The van der Waals surface area contributed by atoms with Crippen molar-refractivity contribution in [2.75, 3.05) is 0 Å². The summed E-state index contributed by atoms with van der Waals surface area (Å²) in [6.07, 6.45) is 0. The number of benzene rings is 8. The van der Waals surface area contributed by atoms with E-state index in [0.717, 1.165) is 38.4 Å². The zero-order valence-corrected chi connectivity index (χ0v) is 25.9. The molecule has 3 nitrogen and oxygen atoms in total. The maximum absolute atomic E-state index is 9.68. The fourth-order valence-electron chi connectivity index (χ4n) is 7.76. The van der Waals surface area contributed by atoms with E-state index in [-0.39, 0.29) is 0 Å². The van der Waals surface area contributed by atoms with Gasteiger partial charge in [0.2, 0.25) is 0 Å². The van der Waals surface area contributed by atoms with Crippen LogP contribution >= 0.6 is 0 Å². The summed E-state index contributed by atoms with van der Waals surface area (Å²) in [6, 6.07) is 60.9. The lowest BCUT2D eigenvalue weighted by Crippen LogP contribution is -1.96. The number of para-hydroxylation sites is 4.